The molecule has 0 spiro atoms. The van der Waals surface area contributed by atoms with Crippen LogP contribution in [0.15, 0.2) is 59.7 Å². The number of aldehydes is 1. The van der Waals surface area contributed by atoms with Gasteiger partial charge < -0.3 is 0 Å². The summed E-state index contributed by atoms with van der Waals surface area (Å²) in [5.41, 5.74) is 2.87. The molecule has 96 valence electrons. The fourth-order valence-electron chi connectivity index (χ4n) is 1.71. The molecular formula is C16H16N2O. The van der Waals surface area contributed by atoms with Crippen molar-refractivity contribution in [3.05, 3.63) is 71.3 Å². The van der Waals surface area contributed by atoms with Crippen molar-refractivity contribution in [2.75, 3.05) is 7.05 Å². The lowest BCUT2D eigenvalue weighted by atomic mass is 10.2. The van der Waals surface area contributed by atoms with Crippen LogP contribution < -0.4 is 0 Å². The zero-order valence-electron chi connectivity index (χ0n) is 10.9. The average molecular weight is 252 g/mol. The standard InChI is InChI=1S/C16H16N2O/c1-18(12-15-5-3-2-4-6-15)17-11-14-7-9-16(13-19)10-8-14/h2-11,13H,12H2,1H3/b17-11+. The summed E-state index contributed by atoms with van der Waals surface area (Å²) in [4.78, 5) is 10.5. The third-order valence-corrected chi connectivity index (χ3v) is 2.73. The lowest BCUT2D eigenvalue weighted by Gasteiger charge is -2.12. The van der Waals surface area contributed by atoms with E-state index in [1.807, 2.05) is 42.4 Å². The minimum Gasteiger partial charge on any atom is -0.298 e. The Bertz CT molecular complexity index is 547. The molecule has 0 heterocycles. The molecule has 0 aliphatic rings. The van der Waals surface area contributed by atoms with Crippen molar-refractivity contribution in [3.63, 3.8) is 0 Å². The van der Waals surface area contributed by atoms with Crippen LogP contribution in [-0.2, 0) is 6.54 Å². The highest BCUT2D eigenvalue weighted by atomic mass is 16.1. The summed E-state index contributed by atoms with van der Waals surface area (Å²) in [6.07, 6.45) is 2.62. The number of benzene rings is 2. The largest absolute Gasteiger partial charge is 0.298 e. The molecule has 0 saturated carbocycles. The number of rotatable bonds is 5. The first-order chi connectivity index (χ1) is 9.28. The first-order valence-electron chi connectivity index (χ1n) is 6.12. The molecule has 3 nitrogen and oxygen atoms in total. The van der Waals surface area contributed by atoms with Crippen LogP contribution in [0, 0.1) is 0 Å². The predicted octanol–water partition coefficient (Wildman–Crippen LogP) is 2.97. The third kappa shape index (κ3) is 4.07. The Morgan fingerprint density at radius 2 is 1.63 bits per heavy atom. The topological polar surface area (TPSA) is 32.7 Å². The normalized spacial score (nSPS) is 10.6. The van der Waals surface area contributed by atoms with Gasteiger partial charge in [-0.1, -0.05) is 54.6 Å². The molecule has 0 amide bonds. The SMILES string of the molecule is CN(Cc1ccccc1)/N=C/c1ccc(C=O)cc1. The molecule has 2 aromatic rings. The van der Waals surface area contributed by atoms with E-state index in [-0.39, 0.29) is 0 Å². The summed E-state index contributed by atoms with van der Waals surface area (Å²) in [6.45, 7) is 0.768. The minimum absolute atomic E-state index is 0.676. The van der Waals surface area contributed by atoms with Gasteiger partial charge in [0.05, 0.1) is 12.8 Å². The fraction of sp³-hybridized carbons (Fsp3) is 0.125. The van der Waals surface area contributed by atoms with E-state index in [9.17, 15) is 4.79 Å². The highest BCUT2D eigenvalue weighted by Gasteiger charge is 1.95. The van der Waals surface area contributed by atoms with Crippen molar-refractivity contribution in [3.8, 4) is 0 Å². The molecule has 0 aliphatic heterocycles. The van der Waals surface area contributed by atoms with E-state index in [1.165, 1.54) is 5.56 Å². The summed E-state index contributed by atoms with van der Waals surface area (Å²) in [6, 6.07) is 17.5. The average Bonchev–Trinajstić information content (AvgIpc) is 2.47. The molecule has 0 aliphatic carbocycles. The van der Waals surface area contributed by atoms with Gasteiger partial charge in [0.25, 0.3) is 0 Å². The first-order valence-corrected chi connectivity index (χ1v) is 6.12. The maximum absolute atomic E-state index is 10.5. The quantitative estimate of drug-likeness (QED) is 0.465. The number of hydrazone groups is 1. The summed E-state index contributed by atoms with van der Waals surface area (Å²) in [7, 11) is 1.93. The Balaban J connectivity index is 1.95. The van der Waals surface area contributed by atoms with E-state index in [0.717, 1.165) is 18.4 Å². The zero-order valence-corrected chi connectivity index (χ0v) is 10.9. The van der Waals surface area contributed by atoms with Crippen LogP contribution in [0.2, 0.25) is 0 Å². The number of nitrogens with zero attached hydrogens (tertiary/aromatic N) is 2. The lowest BCUT2D eigenvalue weighted by molar-refractivity contribution is 0.112. The van der Waals surface area contributed by atoms with Gasteiger partial charge in [0.1, 0.15) is 6.29 Å². The van der Waals surface area contributed by atoms with Crippen LogP contribution in [0.3, 0.4) is 0 Å². The van der Waals surface area contributed by atoms with Crippen LogP contribution >= 0.6 is 0 Å². The van der Waals surface area contributed by atoms with E-state index in [0.29, 0.717) is 5.56 Å². The minimum atomic E-state index is 0.676. The number of hydrogen-bond donors (Lipinski definition) is 0. The molecule has 0 fully saturated rings. The van der Waals surface area contributed by atoms with E-state index in [2.05, 4.69) is 17.2 Å². The van der Waals surface area contributed by atoms with Crippen molar-refractivity contribution >= 4 is 12.5 Å². The zero-order chi connectivity index (χ0) is 13.5. The summed E-state index contributed by atoms with van der Waals surface area (Å²) in [5, 5.41) is 6.24. The van der Waals surface area contributed by atoms with Gasteiger partial charge in [-0.25, -0.2) is 0 Å². The lowest BCUT2D eigenvalue weighted by Crippen LogP contribution is -2.10. The Kier molecular flexibility index (Phi) is 4.45. The highest BCUT2D eigenvalue weighted by Crippen LogP contribution is 2.04. The van der Waals surface area contributed by atoms with Gasteiger partial charge in [0.2, 0.25) is 0 Å². The van der Waals surface area contributed by atoms with Crippen molar-refractivity contribution in [1.82, 2.24) is 5.01 Å². The smallest absolute Gasteiger partial charge is 0.150 e. The molecule has 3 heteroatoms. The van der Waals surface area contributed by atoms with Crippen LogP contribution in [0.5, 0.6) is 0 Å². The van der Waals surface area contributed by atoms with Crippen molar-refractivity contribution in [1.29, 1.82) is 0 Å². The summed E-state index contributed by atoms with van der Waals surface area (Å²) < 4.78 is 0. The molecule has 0 unspecified atom stereocenters. The maximum atomic E-state index is 10.5. The van der Waals surface area contributed by atoms with E-state index >= 15 is 0 Å². The Labute approximate surface area is 113 Å². The second kappa shape index (κ2) is 6.50. The van der Waals surface area contributed by atoms with Crippen LogP contribution in [0.4, 0.5) is 0 Å². The molecule has 0 aromatic heterocycles. The summed E-state index contributed by atoms with van der Waals surface area (Å²) >= 11 is 0. The second-order valence-corrected chi connectivity index (χ2v) is 4.33. The maximum Gasteiger partial charge on any atom is 0.150 e. The van der Waals surface area contributed by atoms with Gasteiger partial charge in [-0.3, -0.25) is 9.80 Å². The highest BCUT2D eigenvalue weighted by molar-refractivity contribution is 5.82. The molecule has 0 radical (unpaired) electrons. The van der Waals surface area contributed by atoms with Gasteiger partial charge in [-0.05, 0) is 11.1 Å². The third-order valence-electron chi connectivity index (χ3n) is 2.73. The second-order valence-electron chi connectivity index (χ2n) is 4.33. The van der Waals surface area contributed by atoms with Gasteiger partial charge in [0, 0.05) is 12.6 Å². The Morgan fingerprint density at radius 1 is 1.00 bits per heavy atom. The molecule has 0 saturated heterocycles. The molecule has 2 aromatic carbocycles. The fourth-order valence-corrected chi connectivity index (χ4v) is 1.71. The monoisotopic (exact) mass is 252 g/mol. The molecule has 2 rings (SSSR count). The number of hydrogen-bond acceptors (Lipinski definition) is 3. The van der Waals surface area contributed by atoms with E-state index in [4.69, 9.17) is 0 Å². The van der Waals surface area contributed by atoms with E-state index in [1.54, 1.807) is 18.3 Å². The predicted molar refractivity (Wildman–Crippen MR) is 77.3 cm³/mol. The van der Waals surface area contributed by atoms with Gasteiger partial charge in [-0.2, -0.15) is 5.10 Å². The van der Waals surface area contributed by atoms with E-state index < -0.39 is 0 Å². The molecule has 0 bridgehead atoms. The van der Waals surface area contributed by atoms with Crippen molar-refractivity contribution in [2.24, 2.45) is 5.10 Å². The van der Waals surface area contributed by atoms with Crippen LogP contribution in [0.25, 0.3) is 0 Å². The van der Waals surface area contributed by atoms with Gasteiger partial charge >= 0.3 is 0 Å². The van der Waals surface area contributed by atoms with Crippen LogP contribution in [0.1, 0.15) is 21.5 Å². The molecule has 0 N–H and O–H groups in total. The molecular weight excluding hydrogens is 236 g/mol. The number of carbonyl (C=O) groups is 1. The number of carbonyl (C=O) groups excluding carboxylic acids is 1. The summed E-state index contributed by atoms with van der Waals surface area (Å²) in [5.74, 6) is 0. The van der Waals surface area contributed by atoms with Crippen molar-refractivity contribution < 1.29 is 4.79 Å². The molecule has 0 atom stereocenters. The Hall–Kier alpha value is -2.42. The van der Waals surface area contributed by atoms with Gasteiger partial charge in [-0.15, -0.1) is 0 Å². The Morgan fingerprint density at radius 3 is 2.26 bits per heavy atom. The van der Waals surface area contributed by atoms with Gasteiger partial charge in [0.15, 0.2) is 0 Å². The first kappa shape index (κ1) is 13.0. The molecule has 19 heavy (non-hydrogen) atoms. The van der Waals surface area contributed by atoms with Crippen molar-refractivity contribution in [2.45, 2.75) is 6.54 Å². The van der Waals surface area contributed by atoms with Crippen LogP contribution in [-0.4, -0.2) is 24.6 Å².